The minimum absolute atomic E-state index is 0.168. The van der Waals surface area contributed by atoms with Crippen LogP contribution in [0.5, 0.6) is 0 Å². The number of carbonyl (C=O) groups is 1. The van der Waals surface area contributed by atoms with Gasteiger partial charge >= 0.3 is 6.03 Å². The molecule has 1 fully saturated rings. The maximum Gasteiger partial charge on any atom is 0.319 e. The number of nitrogens with one attached hydrogen (secondary N) is 2. The molecule has 4 heteroatoms. The summed E-state index contributed by atoms with van der Waals surface area (Å²) >= 11 is 0. The topological polar surface area (TPSA) is 61.4 Å². The molecule has 2 amide bonds. The van der Waals surface area contributed by atoms with Gasteiger partial charge in [0.1, 0.15) is 6.61 Å². The van der Waals surface area contributed by atoms with E-state index in [2.05, 4.69) is 22.5 Å². The van der Waals surface area contributed by atoms with Gasteiger partial charge in [0, 0.05) is 17.3 Å². The first-order valence-corrected chi connectivity index (χ1v) is 5.97. The van der Waals surface area contributed by atoms with E-state index in [1.165, 1.54) is 0 Å². The summed E-state index contributed by atoms with van der Waals surface area (Å²) in [5.41, 5.74) is 2.50. The molecule has 94 valence electrons. The fourth-order valence-electron chi connectivity index (χ4n) is 1.55. The van der Waals surface area contributed by atoms with Crippen LogP contribution in [0.2, 0.25) is 0 Å². The number of aliphatic hydroxyl groups is 1. The van der Waals surface area contributed by atoms with Crippen LogP contribution in [0.4, 0.5) is 10.5 Å². The van der Waals surface area contributed by atoms with E-state index < -0.39 is 0 Å². The van der Waals surface area contributed by atoms with Crippen LogP contribution in [0.15, 0.2) is 18.2 Å². The third-order valence-electron chi connectivity index (χ3n) is 2.71. The highest BCUT2D eigenvalue weighted by Crippen LogP contribution is 2.20. The molecule has 0 atom stereocenters. The van der Waals surface area contributed by atoms with Gasteiger partial charge in [-0.25, -0.2) is 4.79 Å². The lowest BCUT2D eigenvalue weighted by Crippen LogP contribution is -2.30. The van der Waals surface area contributed by atoms with Crippen molar-refractivity contribution in [2.75, 3.05) is 11.9 Å². The van der Waals surface area contributed by atoms with Crippen LogP contribution in [0.25, 0.3) is 0 Å². The third kappa shape index (κ3) is 3.51. The molecular weight excluding hydrogens is 228 g/mol. The maximum absolute atomic E-state index is 11.6. The number of hydrogen-bond donors (Lipinski definition) is 3. The van der Waals surface area contributed by atoms with Crippen molar-refractivity contribution in [1.29, 1.82) is 0 Å². The molecule has 3 N–H and O–H groups in total. The van der Waals surface area contributed by atoms with E-state index in [-0.39, 0.29) is 12.6 Å². The molecule has 0 unspecified atom stereocenters. The number of hydrogen-bond acceptors (Lipinski definition) is 2. The van der Waals surface area contributed by atoms with Gasteiger partial charge in [-0.3, -0.25) is 0 Å². The summed E-state index contributed by atoms with van der Waals surface area (Å²) < 4.78 is 0. The first kappa shape index (κ1) is 12.5. The van der Waals surface area contributed by atoms with Crippen molar-refractivity contribution in [3.63, 3.8) is 0 Å². The highest BCUT2D eigenvalue weighted by molar-refractivity contribution is 5.90. The Morgan fingerprint density at radius 1 is 1.50 bits per heavy atom. The Morgan fingerprint density at radius 3 is 2.94 bits per heavy atom. The van der Waals surface area contributed by atoms with Crippen LogP contribution < -0.4 is 10.6 Å². The second-order valence-corrected chi connectivity index (χ2v) is 4.36. The van der Waals surface area contributed by atoms with Gasteiger partial charge in [0.05, 0.1) is 0 Å². The molecule has 0 radical (unpaired) electrons. The number of rotatable bonds is 2. The van der Waals surface area contributed by atoms with Crippen LogP contribution in [-0.2, 0) is 0 Å². The summed E-state index contributed by atoms with van der Waals surface area (Å²) in [5, 5.41) is 14.3. The number of aliphatic hydroxyl groups excluding tert-OH is 1. The lowest BCUT2D eigenvalue weighted by molar-refractivity contribution is 0.251. The fourth-order valence-corrected chi connectivity index (χ4v) is 1.55. The molecule has 0 aromatic heterocycles. The molecule has 0 spiro atoms. The summed E-state index contributed by atoms with van der Waals surface area (Å²) in [6.07, 6.45) is 2.13. The van der Waals surface area contributed by atoms with E-state index in [9.17, 15) is 4.79 Å². The lowest BCUT2D eigenvalue weighted by Gasteiger charge is -2.09. The molecule has 18 heavy (non-hydrogen) atoms. The first-order chi connectivity index (χ1) is 8.69. The van der Waals surface area contributed by atoms with Gasteiger partial charge in [-0.05, 0) is 37.5 Å². The lowest BCUT2D eigenvalue weighted by atomic mass is 10.1. The molecule has 0 aliphatic heterocycles. The molecule has 1 aromatic carbocycles. The van der Waals surface area contributed by atoms with Crippen molar-refractivity contribution in [2.24, 2.45) is 0 Å². The normalized spacial score (nSPS) is 13.4. The minimum Gasteiger partial charge on any atom is -0.384 e. The van der Waals surface area contributed by atoms with E-state index >= 15 is 0 Å². The van der Waals surface area contributed by atoms with E-state index in [0.717, 1.165) is 29.7 Å². The number of carbonyl (C=O) groups excluding carboxylic acids is 1. The van der Waals surface area contributed by atoms with Crippen molar-refractivity contribution in [1.82, 2.24) is 5.32 Å². The zero-order valence-corrected chi connectivity index (χ0v) is 10.3. The van der Waals surface area contributed by atoms with Crippen molar-refractivity contribution in [3.05, 3.63) is 29.3 Å². The van der Waals surface area contributed by atoms with Gasteiger partial charge in [-0.1, -0.05) is 17.9 Å². The predicted molar refractivity (Wildman–Crippen MR) is 70.3 cm³/mol. The summed E-state index contributed by atoms with van der Waals surface area (Å²) in [6.45, 7) is 1.76. The second-order valence-electron chi connectivity index (χ2n) is 4.36. The fraction of sp³-hybridized carbons (Fsp3) is 0.357. The second kappa shape index (κ2) is 5.56. The van der Waals surface area contributed by atoms with Gasteiger partial charge in [-0.2, -0.15) is 0 Å². The average Bonchev–Trinajstić information content (AvgIpc) is 3.14. The molecule has 4 nitrogen and oxygen atoms in total. The summed E-state index contributed by atoms with van der Waals surface area (Å²) in [7, 11) is 0. The highest BCUT2D eigenvalue weighted by atomic mass is 16.2. The van der Waals surface area contributed by atoms with Crippen molar-refractivity contribution < 1.29 is 9.90 Å². The smallest absolute Gasteiger partial charge is 0.319 e. The zero-order chi connectivity index (χ0) is 13.0. The Hall–Kier alpha value is -1.99. The summed E-state index contributed by atoms with van der Waals surface area (Å²) in [4.78, 5) is 11.6. The van der Waals surface area contributed by atoms with Crippen molar-refractivity contribution in [3.8, 4) is 11.8 Å². The zero-order valence-electron chi connectivity index (χ0n) is 10.3. The Kier molecular flexibility index (Phi) is 3.85. The molecule has 1 aliphatic rings. The van der Waals surface area contributed by atoms with E-state index in [1.807, 2.05) is 25.1 Å². The van der Waals surface area contributed by atoms with E-state index in [4.69, 9.17) is 5.11 Å². The SMILES string of the molecule is Cc1ccc(C#CCO)cc1NC(=O)NC1CC1. The van der Waals surface area contributed by atoms with Gasteiger partial charge in [-0.15, -0.1) is 0 Å². The minimum atomic E-state index is -0.173. The Bertz CT molecular complexity index is 510. The van der Waals surface area contributed by atoms with Gasteiger partial charge < -0.3 is 15.7 Å². The third-order valence-corrected chi connectivity index (χ3v) is 2.71. The van der Waals surface area contributed by atoms with Crippen molar-refractivity contribution in [2.45, 2.75) is 25.8 Å². The van der Waals surface area contributed by atoms with Gasteiger partial charge in [0.2, 0.25) is 0 Å². The molecule has 0 saturated heterocycles. The number of benzene rings is 1. The Labute approximate surface area is 106 Å². The van der Waals surface area contributed by atoms with E-state index in [1.54, 1.807) is 0 Å². The van der Waals surface area contributed by atoms with Crippen LogP contribution in [-0.4, -0.2) is 23.8 Å². The monoisotopic (exact) mass is 244 g/mol. The average molecular weight is 244 g/mol. The predicted octanol–water partition coefficient (Wildman–Crippen LogP) is 1.62. The number of anilines is 1. The standard InChI is InChI=1S/C14H16N2O2/c1-10-4-5-11(3-2-8-17)9-13(10)16-14(18)15-12-6-7-12/h4-5,9,12,17H,6-8H2,1H3,(H2,15,16,18). The number of urea groups is 1. The maximum atomic E-state index is 11.6. The van der Waals surface area contributed by atoms with Crippen molar-refractivity contribution >= 4 is 11.7 Å². The van der Waals surface area contributed by atoms with E-state index in [0.29, 0.717) is 6.04 Å². The molecule has 1 aliphatic carbocycles. The van der Waals surface area contributed by atoms with Gasteiger partial charge in [0.25, 0.3) is 0 Å². The largest absolute Gasteiger partial charge is 0.384 e. The molecule has 1 aromatic rings. The first-order valence-electron chi connectivity index (χ1n) is 5.97. The molecule has 2 rings (SSSR count). The quantitative estimate of drug-likeness (QED) is 0.692. The van der Waals surface area contributed by atoms with Crippen LogP contribution in [0.1, 0.15) is 24.0 Å². The summed E-state index contributed by atoms with van der Waals surface area (Å²) in [6, 6.07) is 5.73. The number of aryl methyl sites for hydroxylation is 1. The highest BCUT2D eigenvalue weighted by Gasteiger charge is 2.23. The molecule has 1 saturated carbocycles. The van der Waals surface area contributed by atoms with Crippen LogP contribution >= 0.6 is 0 Å². The van der Waals surface area contributed by atoms with Gasteiger partial charge in [0.15, 0.2) is 0 Å². The molecule has 0 heterocycles. The van der Waals surface area contributed by atoms with Crippen LogP contribution in [0, 0.1) is 18.8 Å². The summed E-state index contributed by atoms with van der Waals surface area (Å²) in [5.74, 6) is 5.40. The molecular formula is C14H16N2O2. The Balaban J connectivity index is 2.07. The van der Waals surface area contributed by atoms with Crippen LogP contribution in [0.3, 0.4) is 0 Å². The molecule has 0 bridgehead atoms. The number of amides is 2. The Morgan fingerprint density at radius 2 is 2.28 bits per heavy atom.